The van der Waals surface area contributed by atoms with Crippen molar-refractivity contribution in [1.82, 2.24) is 19.3 Å². The highest BCUT2D eigenvalue weighted by molar-refractivity contribution is 6.09. The monoisotopic (exact) mass is 646 g/mol. The second-order valence-corrected chi connectivity index (χ2v) is 13.5. The summed E-state index contributed by atoms with van der Waals surface area (Å²) in [5.74, 6) is 2.79. The fourth-order valence-electron chi connectivity index (χ4n) is 7.34. The first kappa shape index (κ1) is 32.4. The Morgan fingerprint density at radius 3 is 2.12 bits per heavy atom. The van der Waals surface area contributed by atoms with Crippen LogP contribution in [0.15, 0.2) is 91.1 Å². The second-order valence-electron chi connectivity index (χ2n) is 13.5. The molecule has 0 fully saturated rings. The van der Waals surface area contributed by atoms with Crippen LogP contribution in [-0.2, 0) is 19.3 Å². The Kier molecular flexibility index (Phi) is 8.62. The first-order valence-corrected chi connectivity index (χ1v) is 17.7. The lowest BCUT2D eigenvalue weighted by molar-refractivity contribution is 0.481. The van der Waals surface area contributed by atoms with Crippen molar-refractivity contribution >= 4 is 21.8 Å². The number of nitrogens with zero attached hydrogens (tertiary/aromatic N) is 4. The van der Waals surface area contributed by atoms with Gasteiger partial charge < -0.3 is 4.74 Å². The molecule has 5 nitrogen and oxygen atoms in total. The Bertz CT molecular complexity index is 2310. The highest BCUT2D eigenvalue weighted by atomic mass is 16.5. The first-order chi connectivity index (χ1) is 23.7. The van der Waals surface area contributed by atoms with E-state index in [9.17, 15) is 0 Å². The van der Waals surface area contributed by atoms with Gasteiger partial charge >= 0.3 is 0 Å². The summed E-state index contributed by atoms with van der Waals surface area (Å²) in [4.78, 5) is 4.75. The van der Waals surface area contributed by atoms with E-state index in [2.05, 4.69) is 144 Å². The molecule has 0 N–H and O–H groups in total. The predicted octanol–water partition coefficient (Wildman–Crippen LogP) is 11.6. The minimum atomic E-state index is 0.316. The quantitative estimate of drug-likeness (QED) is 0.157. The SMILES string of the molecule is CCc1cc(CC)c(-c2c(C)nn(-c3cc(Oc4ccc5c6ccccc6n(-c6cc(C)ccn6)c5c4)cc(C(C)C)c3)c2C)c(CC)c1. The predicted molar refractivity (Wildman–Crippen MR) is 204 cm³/mol. The van der Waals surface area contributed by atoms with Crippen LogP contribution in [0.2, 0.25) is 0 Å². The van der Waals surface area contributed by atoms with Crippen LogP contribution in [0.5, 0.6) is 11.5 Å². The molecule has 0 spiro atoms. The lowest BCUT2D eigenvalue weighted by Crippen LogP contribution is -2.03. The highest BCUT2D eigenvalue weighted by Gasteiger charge is 2.21. The molecule has 49 heavy (non-hydrogen) atoms. The standard InChI is InChI=1S/C44H46N4O/c1-9-31-21-32(10-2)44(33(11-3)22-31)43-29(7)46-48(30(43)8)35-23-34(27(4)5)24-37(25-35)49-36-16-17-39-38-14-12-13-15-40(38)47(41(39)26-36)42-20-28(6)18-19-45-42/h12-27H,9-11H2,1-8H3. The molecule has 0 radical (unpaired) electrons. The Morgan fingerprint density at radius 2 is 1.43 bits per heavy atom. The van der Waals surface area contributed by atoms with E-state index in [0.717, 1.165) is 64.7 Å². The maximum atomic E-state index is 6.74. The maximum Gasteiger partial charge on any atom is 0.137 e. The third kappa shape index (κ3) is 5.82. The van der Waals surface area contributed by atoms with Crippen molar-refractivity contribution in [2.45, 2.75) is 80.6 Å². The number of pyridine rings is 1. The Hall–Kier alpha value is -5.16. The third-order valence-corrected chi connectivity index (χ3v) is 9.91. The molecular formula is C44H46N4O. The molecule has 0 saturated carbocycles. The lowest BCUT2D eigenvalue weighted by atomic mass is 9.88. The Balaban J connectivity index is 1.34. The van der Waals surface area contributed by atoms with Gasteiger partial charge in [-0.25, -0.2) is 9.67 Å². The Morgan fingerprint density at radius 1 is 0.694 bits per heavy atom. The summed E-state index contributed by atoms with van der Waals surface area (Å²) in [7, 11) is 0. The third-order valence-electron chi connectivity index (χ3n) is 9.91. The number of benzene rings is 4. The summed E-state index contributed by atoms with van der Waals surface area (Å²) in [5, 5.41) is 7.53. The van der Waals surface area contributed by atoms with Crippen LogP contribution in [0, 0.1) is 20.8 Å². The highest BCUT2D eigenvalue weighted by Crippen LogP contribution is 2.39. The zero-order valence-corrected chi connectivity index (χ0v) is 30.1. The molecule has 0 bridgehead atoms. The molecule has 4 aromatic carbocycles. The molecular weight excluding hydrogens is 601 g/mol. The molecule has 0 aliphatic heterocycles. The summed E-state index contributed by atoms with van der Waals surface area (Å²) in [5.41, 5.74) is 14.6. The van der Waals surface area contributed by atoms with Gasteiger partial charge in [0.15, 0.2) is 0 Å². The topological polar surface area (TPSA) is 44.9 Å². The summed E-state index contributed by atoms with van der Waals surface area (Å²) in [6.07, 6.45) is 4.90. The molecule has 7 rings (SSSR count). The number of ether oxygens (including phenoxy) is 1. The van der Waals surface area contributed by atoms with Gasteiger partial charge in [-0.2, -0.15) is 5.10 Å². The molecule has 3 heterocycles. The van der Waals surface area contributed by atoms with Gasteiger partial charge in [0.05, 0.1) is 22.4 Å². The van der Waals surface area contributed by atoms with Crippen molar-refractivity contribution < 1.29 is 4.74 Å². The van der Waals surface area contributed by atoms with E-state index in [4.69, 9.17) is 14.8 Å². The van der Waals surface area contributed by atoms with Crippen molar-refractivity contribution in [2.24, 2.45) is 0 Å². The van der Waals surface area contributed by atoms with Gasteiger partial charge in [-0.3, -0.25) is 4.57 Å². The lowest BCUT2D eigenvalue weighted by Gasteiger charge is -2.17. The van der Waals surface area contributed by atoms with Crippen molar-refractivity contribution in [3.8, 4) is 34.1 Å². The molecule has 0 aliphatic rings. The number of aromatic nitrogens is 4. The van der Waals surface area contributed by atoms with Crippen LogP contribution < -0.4 is 4.74 Å². The van der Waals surface area contributed by atoms with Crippen LogP contribution in [0.4, 0.5) is 0 Å². The largest absolute Gasteiger partial charge is 0.457 e. The first-order valence-electron chi connectivity index (χ1n) is 17.7. The van der Waals surface area contributed by atoms with E-state index < -0.39 is 0 Å². The number of para-hydroxylation sites is 1. The van der Waals surface area contributed by atoms with Gasteiger partial charge in [0, 0.05) is 40.4 Å². The normalized spacial score (nSPS) is 11.7. The van der Waals surface area contributed by atoms with Crippen molar-refractivity contribution in [3.63, 3.8) is 0 Å². The Labute approximate surface area is 290 Å². The van der Waals surface area contributed by atoms with Crippen LogP contribution in [0.3, 0.4) is 0 Å². The van der Waals surface area contributed by atoms with E-state index in [1.165, 1.54) is 49.7 Å². The number of hydrogen-bond acceptors (Lipinski definition) is 3. The number of aryl methyl sites for hydroxylation is 5. The minimum Gasteiger partial charge on any atom is -0.457 e. The van der Waals surface area contributed by atoms with Crippen LogP contribution in [0.25, 0.3) is 44.4 Å². The van der Waals surface area contributed by atoms with Gasteiger partial charge in [-0.05, 0) is 122 Å². The van der Waals surface area contributed by atoms with E-state index in [1.807, 2.05) is 12.3 Å². The molecule has 0 amide bonds. The molecule has 0 aliphatic carbocycles. The molecule has 5 heteroatoms. The second kappa shape index (κ2) is 13.0. The number of rotatable bonds is 9. The van der Waals surface area contributed by atoms with E-state index in [0.29, 0.717) is 5.92 Å². The summed E-state index contributed by atoms with van der Waals surface area (Å²) in [6, 6.07) is 30.4. The fourth-order valence-corrected chi connectivity index (χ4v) is 7.34. The van der Waals surface area contributed by atoms with Crippen molar-refractivity contribution in [1.29, 1.82) is 0 Å². The van der Waals surface area contributed by atoms with Crippen LogP contribution in [-0.4, -0.2) is 19.3 Å². The molecule has 3 aromatic heterocycles. The van der Waals surface area contributed by atoms with Crippen LogP contribution in [0.1, 0.15) is 79.7 Å². The number of fused-ring (bicyclic) bond motifs is 3. The maximum absolute atomic E-state index is 6.74. The molecule has 0 saturated heterocycles. The van der Waals surface area contributed by atoms with Gasteiger partial charge in [-0.1, -0.05) is 65.0 Å². The molecule has 248 valence electrons. The van der Waals surface area contributed by atoms with Gasteiger partial charge in [-0.15, -0.1) is 0 Å². The summed E-state index contributed by atoms with van der Waals surface area (Å²) in [6.45, 7) is 17.7. The summed E-state index contributed by atoms with van der Waals surface area (Å²) < 4.78 is 11.1. The fraction of sp³-hybridized carbons (Fsp3) is 0.273. The summed E-state index contributed by atoms with van der Waals surface area (Å²) >= 11 is 0. The smallest absolute Gasteiger partial charge is 0.137 e. The van der Waals surface area contributed by atoms with E-state index in [1.54, 1.807) is 0 Å². The van der Waals surface area contributed by atoms with Gasteiger partial charge in [0.25, 0.3) is 0 Å². The average Bonchev–Trinajstić information content (AvgIpc) is 3.59. The van der Waals surface area contributed by atoms with Gasteiger partial charge in [0.2, 0.25) is 0 Å². The molecule has 0 unspecified atom stereocenters. The average molecular weight is 647 g/mol. The van der Waals surface area contributed by atoms with E-state index >= 15 is 0 Å². The zero-order chi connectivity index (χ0) is 34.4. The molecule has 7 aromatic rings. The van der Waals surface area contributed by atoms with Gasteiger partial charge in [0.1, 0.15) is 17.3 Å². The minimum absolute atomic E-state index is 0.316. The zero-order valence-electron chi connectivity index (χ0n) is 30.1. The van der Waals surface area contributed by atoms with E-state index in [-0.39, 0.29) is 0 Å². The van der Waals surface area contributed by atoms with Crippen molar-refractivity contribution in [3.05, 3.63) is 130 Å². The molecule has 0 atom stereocenters. The number of hydrogen-bond donors (Lipinski definition) is 0. The van der Waals surface area contributed by atoms with Crippen LogP contribution >= 0.6 is 0 Å². The van der Waals surface area contributed by atoms with Crippen molar-refractivity contribution in [2.75, 3.05) is 0 Å².